The van der Waals surface area contributed by atoms with Gasteiger partial charge in [-0.05, 0) is 19.1 Å². The lowest BCUT2D eigenvalue weighted by Crippen LogP contribution is -2.48. The van der Waals surface area contributed by atoms with Gasteiger partial charge in [-0.1, -0.05) is 17.7 Å². The summed E-state index contributed by atoms with van der Waals surface area (Å²) in [5, 5.41) is 2.96. The molecule has 1 aromatic carbocycles. The molecule has 1 N–H and O–H groups in total. The van der Waals surface area contributed by atoms with Gasteiger partial charge in [-0.15, -0.1) is 0 Å². The standard InChI is InChI=1S/C17H23FN2O2/c1-12-2-4-14(5-3-12)22-15-6-8-20(9-7-15)17(21)16-10-13(18)11-19-16/h2-5,13,15-16,19H,6-11H2,1H3/t13-,16+/m0/s1. The molecular weight excluding hydrogens is 283 g/mol. The van der Waals surface area contributed by atoms with Crippen LogP contribution in [0.15, 0.2) is 24.3 Å². The summed E-state index contributed by atoms with van der Waals surface area (Å²) in [6, 6.07) is 7.69. The molecule has 0 radical (unpaired) electrons. The van der Waals surface area contributed by atoms with Gasteiger partial charge in [0.1, 0.15) is 18.0 Å². The lowest BCUT2D eigenvalue weighted by atomic mass is 10.1. The minimum absolute atomic E-state index is 0.0361. The van der Waals surface area contributed by atoms with Gasteiger partial charge >= 0.3 is 0 Å². The largest absolute Gasteiger partial charge is 0.490 e. The molecule has 0 spiro atoms. The Bertz CT molecular complexity index is 512. The summed E-state index contributed by atoms with van der Waals surface area (Å²) in [5.41, 5.74) is 1.21. The van der Waals surface area contributed by atoms with Crippen LogP contribution in [0, 0.1) is 6.92 Å². The van der Waals surface area contributed by atoms with E-state index in [4.69, 9.17) is 4.74 Å². The molecule has 120 valence electrons. The first-order valence-corrected chi connectivity index (χ1v) is 8.01. The van der Waals surface area contributed by atoms with Gasteiger partial charge in [0, 0.05) is 38.9 Å². The third-order valence-corrected chi connectivity index (χ3v) is 4.45. The number of carbonyl (C=O) groups excluding carboxylic acids is 1. The lowest BCUT2D eigenvalue weighted by Gasteiger charge is -2.33. The number of benzene rings is 1. The predicted molar refractivity (Wildman–Crippen MR) is 82.7 cm³/mol. The van der Waals surface area contributed by atoms with Crippen LogP contribution in [-0.4, -0.2) is 48.8 Å². The number of nitrogens with zero attached hydrogens (tertiary/aromatic N) is 1. The van der Waals surface area contributed by atoms with Crippen LogP contribution in [0.2, 0.25) is 0 Å². The monoisotopic (exact) mass is 306 g/mol. The first kappa shape index (κ1) is 15.3. The Hall–Kier alpha value is -1.62. The van der Waals surface area contributed by atoms with E-state index in [1.54, 1.807) is 0 Å². The first-order valence-electron chi connectivity index (χ1n) is 8.01. The van der Waals surface area contributed by atoms with Crippen LogP contribution in [0.3, 0.4) is 0 Å². The maximum atomic E-state index is 13.2. The number of likely N-dealkylation sites (tertiary alicyclic amines) is 1. The third kappa shape index (κ3) is 3.58. The number of ether oxygens (including phenoxy) is 1. The quantitative estimate of drug-likeness (QED) is 0.929. The van der Waals surface area contributed by atoms with E-state index in [0.29, 0.717) is 26.1 Å². The highest BCUT2D eigenvalue weighted by Gasteiger charge is 2.34. The molecule has 1 aromatic rings. The molecular formula is C17H23FN2O2. The summed E-state index contributed by atoms with van der Waals surface area (Å²) >= 11 is 0. The van der Waals surface area contributed by atoms with Crippen LogP contribution in [-0.2, 0) is 4.79 Å². The normalized spacial score (nSPS) is 26.2. The number of aryl methyl sites for hydroxylation is 1. The van der Waals surface area contributed by atoms with E-state index < -0.39 is 6.17 Å². The molecule has 2 atom stereocenters. The Kier molecular flexibility index (Phi) is 4.62. The number of piperidine rings is 1. The van der Waals surface area contributed by atoms with E-state index in [1.807, 2.05) is 36.1 Å². The van der Waals surface area contributed by atoms with E-state index in [-0.39, 0.29) is 18.1 Å². The Morgan fingerprint density at radius 3 is 2.55 bits per heavy atom. The van der Waals surface area contributed by atoms with Crippen LogP contribution in [0.25, 0.3) is 0 Å². The van der Waals surface area contributed by atoms with Gasteiger partial charge in [0.05, 0.1) is 6.04 Å². The van der Waals surface area contributed by atoms with Crippen molar-refractivity contribution in [3.05, 3.63) is 29.8 Å². The first-order chi connectivity index (χ1) is 10.6. The summed E-state index contributed by atoms with van der Waals surface area (Å²) in [7, 11) is 0. The molecule has 2 aliphatic heterocycles. The highest BCUT2D eigenvalue weighted by molar-refractivity contribution is 5.82. The predicted octanol–water partition coefficient (Wildman–Crippen LogP) is 2.06. The molecule has 22 heavy (non-hydrogen) atoms. The van der Waals surface area contributed by atoms with Crippen LogP contribution < -0.4 is 10.1 Å². The van der Waals surface area contributed by atoms with Gasteiger partial charge in [0.15, 0.2) is 0 Å². The Morgan fingerprint density at radius 1 is 1.27 bits per heavy atom. The number of hydrogen-bond acceptors (Lipinski definition) is 3. The minimum Gasteiger partial charge on any atom is -0.490 e. The highest BCUT2D eigenvalue weighted by Crippen LogP contribution is 2.21. The maximum Gasteiger partial charge on any atom is 0.239 e. The molecule has 2 saturated heterocycles. The van der Waals surface area contributed by atoms with Gasteiger partial charge < -0.3 is 15.0 Å². The Morgan fingerprint density at radius 2 is 1.95 bits per heavy atom. The van der Waals surface area contributed by atoms with E-state index in [1.165, 1.54) is 5.56 Å². The fourth-order valence-electron chi connectivity index (χ4n) is 3.10. The number of carbonyl (C=O) groups is 1. The van der Waals surface area contributed by atoms with Gasteiger partial charge in [-0.2, -0.15) is 0 Å². The van der Waals surface area contributed by atoms with E-state index >= 15 is 0 Å². The summed E-state index contributed by atoms with van der Waals surface area (Å²) < 4.78 is 19.1. The molecule has 0 aliphatic carbocycles. The third-order valence-electron chi connectivity index (χ3n) is 4.45. The van der Waals surface area contributed by atoms with Crippen LogP contribution in [0.5, 0.6) is 5.75 Å². The van der Waals surface area contributed by atoms with Crippen molar-refractivity contribution in [3.8, 4) is 5.75 Å². The topological polar surface area (TPSA) is 41.6 Å². The van der Waals surface area contributed by atoms with Crippen molar-refractivity contribution < 1.29 is 13.9 Å². The van der Waals surface area contributed by atoms with Crippen molar-refractivity contribution in [2.24, 2.45) is 0 Å². The number of halogens is 1. The van der Waals surface area contributed by atoms with E-state index in [2.05, 4.69) is 5.32 Å². The zero-order valence-electron chi connectivity index (χ0n) is 12.9. The average molecular weight is 306 g/mol. The van der Waals surface area contributed by atoms with Crippen LogP contribution >= 0.6 is 0 Å². The average Bonchev–Trinajstić information content (AvgIpc) is 2.96. The molecule has 0 saturated carbocycles. The Balaban J connectivity index is 1.48. The van der Waals surface area contributed by atoms with Gasteiger partial charge in [0.25, 0.3) is 0 Å². The number of hydrogen-bond donors (Lipinski definition) is 1. The number of rotatable bonds is 3. The second-order valence-corrected chi connectivity index (χ2v) is 6.25. The minimum atomic E-state index is -0.892. The van der Waals surface area contributed by atoms with Crippen molar-refractivity contribution in [1.82, 2.24) is 10.2 Å². The smallest absolute Gasteiger partial charge is 0.239 e. The Labute approximate surface area is 130 Å². The van der Waals surface area contributed by atoms with Crippen molar-refractivity contribution in [2.45, 2.75) is 44.5 Å². The second-order valence-electron chi connectivity index (χ2n) is 6.25. The number of amides is 1. The molecule has 0 unspecified atom stereocenters. The lowest BCUT2D eigenvalue weighted by molar-refractivity contribution is -0.134. The second kappa shape index (κ2) is 6.65. The summed E-state index contributed by atoms with van der Waals surface area (Å²) in [4.78, 5) is 14.1. The summed E-state index contributed by atoms with van der Waals surface area (Å²) in [6.07, 6.45) is 1.21. The van der Waals surface area contributed by atoms with Crippen LogP contribution in [0.4, 0.5) is 4.39 Å². The SMILES string of the molecule is Cc1ccc(OC2CCN(C(=O)[C@H]3C[C@H](F)CN3)CC2)cc1. The van der Waals surface area contributed by atoms with Crippen molar-refractivity contribution >= 4 is 5.91 Å². The van der Waals surface area contributed by atoms with E-state index in [9.17, 15) is 9.18 Å². The van der Waals surface area contributed by atoms with Crippen molar-refractivity contribution in [1.29, 1.82) is 0 Å². The van der Waals surface area contributed by atoms with Crippen molar-refractivity contribution in [2.75, 3.05) is 19.6 Å². The summed E-state index contributed by atoms with van der Waals surface area (Å²) in [5.74, 6) is 0.919. The summed E-state index contributed by atoms with van der Waals surface area (Å²) in [6.45, 7) is 3.71. The molecule has 2 heterocycles. The zero-order chi connectivity index (χ0) is 15.5. The van der Waals surface area contributed by atoms with Gasteiger partial charge in [-0.25, -0.2) is 4.39 Å². The fourth-order valence-corrected chi connectivity index (χ4v) is 3.10. The molecule has 1 amide bonds. The fraction of sp³-hybridized carbons (Fsp3) is 0.588. The molecule has 0 aromatic heterocycles. The zero-order valence-corrected chi connectivity index (χ0v) is 12.9. The molecule has 5 heteroatoms. The number of nitrogens with one attached hydrogen (secondary N) is 1. The molecule has 4 nitrogen and oxygen atoms in total. The highest BCUT2D eigenvalue weighted by atomic mass is 19.1. The van der Waals surface area contributed by atoms with E-state index in [0.717, 1.165) is 18.6 Å². The molecule has 0 bridgehead atoms. The van der Waals surface area contributed by atoms with Crippen LogP contribution in [0.1, 0.15) is 24.8 Å². The van der Waals surface area contributed by atoms with Gasteiger partial charge in [-0.3, -0.25) is 4.79 Å². The molecule has 3 rings (SSSR count). The molecule has 2 aliphatic rings. The van der Waals surface area contributed by atoms with Crippen molar-refractivity contribution in [3.63, 3.8) is 0 Å². The maximum absolute atomic E-state index is 13.2. The van der Waals surface area contributed by atoms with Gasteiger partial charge in [0.2, 0.25) is 5.91 Å². The molecule has 2 fully saturated rings. The number of alkyl halides is 1.